The van der Waals surface area contributed by atoms with Gasteiger partial charge in [0.15, 0.2) is 0 Å². The van der Waals surface area contributed by atoms with Gasteiger partial charge in [-0.1, -0.05) is 55.0 Å². The summed E-state index contributed by atoms with van der Waals surface area (Å²) in [7, 11) is 0. The van der Waals surface area contributed by atoms with Crippen LogP contribution in [0.2, 0.25) is 0 Å². The number of fused-ring (bicyclic) bond motifs is 3. The lowest BCUT2D eigenvalue weighted by Crippen LogP contribution is -2.48. The summed E-state index contributed by atoms with van der Waals surface area (Å²) in [6, 6.07) is 16.1. The summed E-state index contributed by atoms with van der Waals surface area (Å²) in [6.45, 7) is 4.50. The minimum Gasteiger partial charge on any atom is -0.481 e. The lowest BCUT2D eigenvalue weighted by molar-refractivity contribution is -0.140. The number of hydrogen-bond acceptors (Lipinski definition) is 4. The normalized spacial score (nSPS) is 18.7. The number of ether oxygens (including phenoxy) is 1. The van der Waals surface area contributed by atoms with Gasteiger partial charge in [-0.15, -0.1) is 0 Å². The first kappa shape index (κ1) is 24.8. The number of carbonyl (C=O) groups excluding carboxylic acids is 2. The van der Waals surface area contributed by atoms with Gasteiger partial charge in [-0.05, 0) is 55.4 Å². The Kier molecular flexibility index (Phi) is 7.73. The van der Waals surface area contributed by atoms with Crippen LogP contribution in [0.15, 0.2) is 48.5 Å². The van der Waals surface area contributed by atoms with Gasteiger partial charge in [0, 0.05) is 31.0 Å². The fraction of sp³-hybridized carbons (Fsp3) is 0.464. The molecule has 0 radical (unpaired) electrons. The van der Waals surface area contributed by atoms with E-state index in [4.69, 9.17) is 9.84 Å². The maximum absolute atomic E-state index is 13.3. The quantitative estimate of drug-likeness (QED) is 0.540. The van der Waals surface area contributed by atoms with Crippen LogP contribution in [0.25, 0.3) is 11.1 Å². The van der Waals surface area contributed by atoms with Gasteiger partial charge < -0.3 is 20.1 Å². The molecule has 7 nitrogen and oxygen atoms in total. The first-order chi connectivity index (χ1) is 16.9. The Morgan fingerprint density at radius 1 is 1.03 bits per heavy atom. The van der Waals surface area contributed by atoms with E-state index in [0.717, 1.165) is 24.0 Å². The van der Waals surface area contributed by atoms with Gasteiger partial charge >= 0.3 is 12.1 Å². The highest BCUT2D eigenvalue weighted by Gasteiger charge is 2.38. The molecule has 0 aliphatic heterocycles. The third-order valence-electron chi connectivity index (χ3n) is 7.18. The minimum atomic E-state index is -0.864. The molecule has 0 aromatic heterocycles. The topological polar surface area (TPSA) is 95.9 Å². The van der Waals surface area contributed by atoms with E-state index in [1.54, 1.807) is 4.90 Å². The second kappa shape index (κ2) is 10.9. The van der Waals surface area contributed by atoms with Gasteiger partial charge in [-0.25, -0.2) is 4.79 Å². The lowest BCUT2D eigenvalue weighted by Gasteiger charge is -2.31. The molecule has 0 spiro atoms. The van der Waals surface area contributed by atoms with Crippen LogP contribution in [-0.2, 0) is 14.3 Å². The maximum Gasteiger partial charge on any atom is 0.407 e. The second-order valence-electron chi connectivity index (χ2n) is 9.74. The van der Waals surface area contributed by atoms with Gasteiger partial charge in [-0.2, -0.15) is 0 Å². The van der Waals surface area contributed by atoms with Crippen LogP contribution in [-0.4, -0.2) is 53.2 Å². The van der Waals surface area contributed by atoms with Crippen LogP contribution >= 0.6 is 0 Å². The van der Waals surface area contributed by atoms with Crippen molar-refractivity contribution in [3.05, 3.63) is 59.7 Å². The van der Waals surface area contributed by atoms with Gasteiger partial charge in [0.1, 0.15) is 6.61 Å². The Balaban J connectivity index is 1.36. The van der Waals surface area contributed by atoms with Crippen LogP contribution < -0.4 is 5.32 Å². The van der Waals surface area contributed by atoms with Crippen molar-refractivity contribution in [1.29, 1.82) is 0 Å². The van der Waals surface area contributed by atoms with E-state index in [1.165, 1.54) is 11.1 Å². The fourth-order valence-corrected chi connectivity index (χ4v) is 5.46. The van der Waals surface area contributed by atoms with Crippen LogP contribution in [0, 0.1) is 5.92 Å². The SMILES string of the molecule is CC(C)N(CCCC(=O)O)C(=O)C1CCCC1NC(=O)OCC1c2ccccc2-c2ccccc21. The standard InChI is InChI=1S/C28H34N2O5/c1-18(2)30(16-8-15-26(31)32)27(33)23-13-7-14-25(23)29-28(34)35-17-24-21-11-5-3-9-19(21)20-10-4-6-12-22(20)24/h3-6,9-12,18,23-25H,7-8,13-17H2,1-2H3,(H,29,34)(H,31,32). The van der Waals surface area contributed by atoms with Gasteiger partial charge in [-0.3, -0.25) is 9.59 Å². The average molecular weight is 479 g/mol. The average Bonchev–Trinajstić information content (AvgIpc) is 3.42. The van der Waals surface area contributed by atoms with Gasteiger partial charge in [0.25, 0.3) is 0 Å². The number of carbonyl (C=O) groups is 3. The number of alkyl carbamates (subject to hydrolysis) is 1. The molecule has 2 unspecified atom stereocenters. The summed E-state index contributed by atoms with van der Waals surface area (Å²) in [5, 5.41) is 11.9. The van der Waals surface area contributed by atoms with Crippen molar-refractivity contribution in [2.75, 3.05) is 13.2 Å². The number of rotatable bonds is 9. The molecule has 2 aromatic rings. The predicted molar refractivity (Wildman–Crippen MR) is 133 cm³/mol. The zero-order valence-electron chi connectivity index (χ0n) is 20.4. The molecule has 2 N–H and O–H groups in total. The highest BCUT2D eigenvalue weighted by molar-refractivity contribution is 5.81. The number of carboxylic acids is 1. The largest absolute Gasteiger partial charge is 0.481 e. The van der Waals surface area contributed by atoms with Gasteiger partial charge in [0.2, 0.25) is 5.91 Å². The summed E-state index contributed by atoms with van der Waals surface area (Å²) < 4.78 is 5.69. The number of nitrogens with one attached hydrogen (secondary N) is 1. The number of nitrogens with zero attached hydrogens (tertiary/aromatic N) is 1. The second-order valence-corrected chi connectivity index (χ2v) is 9.74. The van der Waals surface area contributed by atoms with Crippen molar-refractivity contribution in [3.63, 3.8) is 0 Å². The molecule has 35 heavy (non-hydrogen) atoms. The number of carboxylic acid groups (broad SMARTS) is 1. The molecule has 2 amide bonds. The first-order valence-electron chi connectivity index (χ1n) is 12.5. The molecule has 0 saturated heterocycles. The Hall–Kier alpha value is -3.35. The van der Waals surface area contributed by atoms with E-state index in [0.29, 0.717) is 19.4 Å². The summed E-state index contributed by atoms with van der Waals surface area (Å²) in [5.41, 5.74) is 4.67. The van der Waals surface area contributed by atoms with Crippen molar-refractivity contribution in [1.82, 2.24) is 10.2 Å². The third-order valence-corrected chi connectivity index (χ3v) is 7.18. The first-order valence-corrected chi connectivity index (χ1v) is 12.5. The van der Waals surface area contributed by atoms with Crippen molar-refractivity contribution < 1.29 is 24.2 Å². The molecule has 0 bridgehead atoms. The highest BCUT2D eigenvalue weighted by atomic mass is 16.5. The summed E-state index contributed by atoms with van der Waals surface area (Å²) in [6.07, 6.45) is 2.22. The summed E-state index contributed by atoms with van der Waals surface area (Å²) in [5.74, 6) is -1.22. The van der Waals surface area contributed by atoms with E-state index in [2.05, 4.69) is 29.6 Å². The van der Waals surface area contributed by atoms with E-state index in [9.17, 15) is 14.4 Å². The van der Waals surface area contributed by atoms with Crippen LogP contribution in [0.5, 0.6) is 0 Å². The van der Waals surface area contributed by atoms with Crippen LogP contribution in [0.4, 0.5) is 4.79 Å². The third kappa shape index (κ3) is 5.50. The molecule has 186 valence electrons. The van der Waals surface area contributed by atoms with Crippen molar-refractivity contribution in [2.24, 2.45) is 5.92 Å². The molecular weight excluding hydrogens is 444 g/mol. The number of amides is 2. The molecule has 7 heteroatoms. The maximum atomic E-state index is 13.3. The fourth-order valence-electron chi connectivity index (χ4n) is 5.46. The molecule has 2 aliphatic carbocycles. The minimum absolute atomic E-state index is 0.0141. The lowest BCUT2D eigenvalue weighted by atomic mass is 9.98. The highest BCUT2D eigenvalue weighted by Crippen LogP contribution is 2.44. The van der Waals surface area contributed by atoms with Gasteiger partial charge in [0.05, 0.1) is 5.92 Å². The molecule has 2 aromatic carbocycles. The number of hydrogen-bond donors (Lipinski definition) is 2. The van der Waals surface area contributed by atoms with E-state index < -0.39 is 12.1 Å². The molecule has 0 heterocycles. The number of benzene rings is 2. The van der Waals surface area contributed by atoms with Crippen molar-refractivity contribution in [3.8, 4) is 11.1 Å². The molecule has 2 atom stereocenters. The Morgan fingerprint density at radius 3 is 2.26 bits per heavy atom. The summed E-state index contributed by atoms with van der Waals surface area (Å²) >= 11 is 0. The van der Waals surface area contributed by atoms with E-state index >= 15 is 0 Å². The zero-order valence-corrected chi connectivity index (χ0v) is 20.4. The number of aliphatic carboxylic acids is 1. The smallest absolute Gasteiger partial charge is 0.407 e. The Labute approximate surface area is 206 Å². The summed E-state index contributed by atoms with van der Waals surface area (Å²) in [4.78, 5) is 38.7. The van der Waals surface area contributed by atoms with Crippen molar-refractivity contribution in [2.45, 2.75) is 64.0 Å². The zero-order chi connectivity index (χ0) is 24.9. The van der Waals surface area contributed by atoms with E-state index in [-0.39, 0.29) is 42.9 Å². The molecule has 1 saturated carbocycles. The molecule has 1 fully saturated rings. The van der Waals surface area contributed by atoms with Crippen molar-refractivity contribution >= 4 is 18.0 Å². The monoisotopic (exact) mass is 478 g/mol. The predicted octanol–water partition coefficient (Wildman–Crippen LogP) is 4.80. The molecule has 2 aliphatic rings. The van der Waals surface area contributed by atoms with Crippen LogP contribution in [0.3, 0.4) is 0 Å². The van der Waals surface area contributed by atoms with Crippen LogP contribution in [0.1, 0.15) is 63.0 Å². The Bertz CT molecular complexity index is 1040. The molecule has 4 rings (SSSR count). The molecular formula is C28H34N2O5. The Morgan fingerprint density at radius 2 is 1.66 bits per heavy atom. The van der Waals surface area contributed by atoms with E-state index in [1.807, 2.05) is 38.1 Å².